The molecule has 0 spiro atoms. The van der Waals surface area contributed by atoms with Crippen LogP contribution in [0.15, 0.2) is 12.7 Å². The number of nitrogens with one attached hydrogen (secondary N) is 1. The van der Waals surface area contributed by atoms with Crippen LogP contribution in [0, 0.1) is 5.41 Å². The van der Waals surface area contributed by atoms with Crippen LogP contribution in [-0.4, -0.2) is 83.9 Å². The summed E-state index contributed by atoms with van der Waals surface area (Å²) in [5.74, 6) is -0.303. The van der Waals surface area contributed by atoms with Crippen LogP contribution in [0.25, 0.3) is 11.2 Å². The number of nitrogens with zero attached hydrogens (tertiary/aromatic N) is 4. The number of hydrogen-bond donors (Lipinski definition) is 3. The van der Waals surface area contributed by atoms with E-state index < -0.39 is 61.2 Å². The Kier molecular flexibility index (Phi) is 10.8. The average molecular weight is 637 g/mol. The highest BCUT2D eigenvalue weighted by Crippen LogP contribution is 2.48. The minimum atomic E-state index is -4.19. The zero-order valence-corrected chi connectivity index (χ0v) is 26.5. The Balaban J connectivity index is 1.74. The largest absolute Gasteiger partial charge is 0.462 e. The Morgan fingerprint density at radius 3 is 2.61 bits per heavy atom. The molecule has 1 fully saturated rings. The van der Waals surface area contributed by atoms with Crippen LogP contribution in [0.2, 0.25) is 0 Å². The normalized spacial score (nSPS) is 25.4. The maximum absolute atomic E-state index is 13.7. The molecule has 4 N–H and O–H groups in total. The Bertz CT molecular complexity index is 1290. The molecular weight excluding hydrogens is 599 g/mol. The molecule has 0 unspecified atom stereocenters. The second kappa shape index (κ2) is 13.2. The molecule has 14 nitrogen and oxygen atoms in total. The zero-order valence-electron chi connectivity index (χ0n) is 24.1. The van der Waals surface area contributed by atoms with Crippen LogP contribution in [0.1, 0.15) is 54.7 Å². The van der Waals surface area contributed by atoms with Crippen molar-refractivity contribution in [2.45, 2.75) is 83.9 Å². The van der Waals surface area contributed by atoms with E-state index in [-0.39, 0.29) is 23.3 Å². The van der Waals surface area contributed by atoms with Gasteiger partial charge in [-0.05, 0) is 27.7 Å². The minimum absolute atomic E-state index is 0.0624. The molecule has 1 aliphatic rings. The van der Waals surface area contributed by atoms with Crippen molar-refractivity contribution in [1.82, 2.24) is 24.6 Å². The molecular formula is C24H38ClN6O8PS. The third kappa shape index (κ3) is 8.17. The van der Waals surface area contributed by atoms with E-state index in [4.69, 9.17) is 35.9 Å². The van der Waals surface area contributed by atoms with E-state index in [1.54, 1.807) is 41.5 Å². The first-order chi connectivity index (χ1) is 19.0. The van der Waals surface area contributed by atoms with Gasteiger partial charge in [0.25, 0.3) is 0 Å². The van der Waals surface area contributed by atoms with Gasteiger partial charge in [0.15, 0.2) is 22.8 Å². The molecule has 0 saturated carbocycles. The first-order valence-corrected chi connectivity index (χ1v) is 15.9. The van der Waals surface area contributed by atoms with Gasteiger partial charge in [-0.3, -0.25) is 23.2 Å². The topological polar surface area (TPSA) is 190 Å². The van der Waals surface area contributed by atoms with E-state index in [9.17, 15) is 19.3 Å². The van der Waals surface area contributed by atoms with Crippen molar-refractivity contribution in [2.75, 3.05) is 24.7 Å². The number of aliphatic hydroxyl groups excluding tert-OH is 1. The monoisotopic (exact) mass is 636 g/mol. The van der Waals surface area contributed by atoms with Gasteiger partial charge in [0, 0.05) is 11.2 Å². The lowest BCUT2D eigenvalue weighted by Gasteiger charge is -2.26. The van der Waals surface area contributed by atoms with Gasteiger partial charge >= 0.3 is 13.7 Å². The summed E-state index contributed by atoms with van der Waals surface area (Å²) in [5, 5.41) is 13.5. The molecule has 1 saturated heterocycles. The summed E-state index contributed by atoms with van der Waals surface area (Å²) in [5.41, 5.74) is 6.01. The SMILES string of the molecule is CC(C)OC(=O)[C@@H](C)N[P@@](=O)(OCCSC(=O)C(C)(C)C)OC[C@H]1O[C@@H](n2cnc3c(N)ncnc32)[C@](C)(Cl)[C@@H]1O. The molecule has 0 amide bonds. The number of thioether (sulfide) groups is 1. The Labute approximate surface area is 248 Å². The summed E-state index contributed by atoms with van der Waals surface area (Å²) in [6.45, 7) is 11.2. The quantitative estimate of drug-likeness (QED) is 0.133. The van der Waals surface area contributed by atoms with Crippen molar-refractivity contribution < 1.29 is 37.8 Å². The molecule has 0 aliphatic carbocycles. The van der Waals surface area contributed by atoms with Crippen LogP contribution < -0.4 is 10.8 Å². The highest BCUT2D eigenvalue weighted by atomic mass is 35.5. The molecule has 0 radical (unpaired) electrons. The molecule has 17 heteroatoms. The summed E-state index contributed by atoms with van der Waals surface area (Å²) in [7, 11) is -4.19. The number of rotatable bonds is 12. The maximum Gasteiger partial charge on any atom is 0.406 e. The predicted molar refractivity (Wildman–Crippen MR) is 154 cm³/mol. The van der Waals surface area contributed by atoms with Crippen molar-refractivity contribution in [1.29, 1.82) is 0 Å². The van der Waals surface area contributed by atoms with Gasteiger partial charge in [0.2, 0.25) is 0 Å². The van der Waals surface area contributed by atoms with E-state index in [1.807, 2.05) is 0 Å². The number of hydrogen-bond acceptors (Lipinski definition) is 13. The number of anilines is 1. The summed E-state index contributed by atoms with van der Waals surface area (Å²) in [4.78, 5) is 35.6. The molecule has 230 valence electrons. The predicted octanol–water partition coefficient (Wildman–Crippen LogP) is 3.04. The fourth-order valence-corrected chi connectivity index (χ4v) is 6.49. The number of aromatic nitrogens is 4. The third-order valence-electron chi connectivity index (χ3n) is 6.01. The highest BCUT2D eigenvalue weighted by molar-refractivity contribution is 8.13. The maximum atomic E-state index is 13.7. The molecule has 2 aromatic rings. The number of halogens is 1. The van der Waals surface area contributed by atoms with Crippen molar-refractivity contribution in [3.05, 3.63) is 12.7 Å². The molecule has 0 bridgehead atoms. The molecule has 3 rings (SSSR count). The Morgan fingerprint density at radius 1 is 1.29 bits per heavy atom. The smallest absolute Gasteiger partial charge is 0.406 e. The first-order valence-electron chi connectivity index (χ1n) is 13.0. The van der Waals surface area contributed by atoms with Gasteiger partial charge < -0.3 is 20.3 Å². The molecule has 1 aliphatic heterocycles. The summed E-state index contributed by atoms with van der Waals surface area (Å²) >= 11 is 7.77. The highest BCUT2D eigenvalue weighted by Gasteiger charge is 2.54. The summed E-state index contributed by atoms with van der Waals surface area (Å²) in [6, 6.07) is -1.06. The number of nitrogens with two attached hydrogens (primary N) is 1. The van der Waals surface area contributed by atoms with Crippen LogP contribution in [0.4, 0.5) is 5.82 Å². The molecule has 41 heavy (non-hydrogen) atoms. The van der Waals surface area contributed by atoms with Gasteiger partial charge in [0.05, 0.1) is 25.6 Å². The van der Waals surface area contributed by atoms with Gasteiger partial charge in [-0.2, -0.15) is 0 Å². The molecule has 3 heterocycles. The van der Waals surface area contributed by atoms with E-state index in [0.29, 0.717) is 11.2 Å². The van der Waals surface area contributed by atoms with Crippen molar-refractivity contribution in [2.24, 2.45) is 5.41 Å². The number of imidazole rings is 1. The van der Waals surface area contributed by atoms with Gasteiger partial charge in [-0.25, -0.2) is 24.6 Å². The molecule has 0 aromatic carbocycles. The number of aliphatic hydroxyl groups is 1. The third-order valence-corrected chi connectivity index (χ3v) is 9.38. The molecule has 6 atom stereocenters. The lowest BCUT2D eigenvalue weighted by Crippen LogP contribution is -2.40. The van der Waals surface area contributed by atoms with E-state index >= 15 is 0 Å². The van der Waals surface area contributed by atoms with E-state index in [2.05, 4.69) is 20.0 Å². The second-order valence-corrected chi connectivity index (χ2v) is 14.7. The van der Waals surface area contributed by atoms with Crippen LogP contribution in [0.3, 0.4) is 0 Å². The second-order valence-electron chi connectivity index (χ2n) is 11.1. The zero-order chi connectivity index (χ0) is 30.8. The van der Waals surface area contributed by atoms with Crippen LogP contribution >= 0.6 is 31.1 Å². The molecule has 2 aromatic heterocycles. The number of nitrogen functional groups attached to an aromatic ring is 1. The summed E-state index contributed by atoms with van der Waals surface area (Å²) in [6.07, 6.45) is -1.01. The van der Waals surface area contributed by atoms with Gasteiger partial charge in [-0.15, -0.1) is 11.6 Å². The van der Waals surface area contributed by atoms with Gasteiger partial charge in [0.1, 0.15) is 35.0 Å². The lowest BCUT2D eigenvalue weighted by molar-refractivity contribution is -0.149. The van der Waals surface area contributed by atoms with Crippen molar-refractivity contribution in [3.63, 3.8) is 0 Å². The minimum Gasteiger partial charge on any atom is -0.462 e. The van der Waals surface area contributed by atoms with Gasteiger partial charge in [-0.1, -0.05) is 32.5 Å². The van der Waals surface area contributed by atoms with Crippen molar-refractivity contribution in [3.8, 4) is 0 Å². The summed E-state index contributed by atoms with van der Waals surface area (Å²) < 4.78 is 37.7. The Hall–Kier alpha value is -1.84. The lowest BCUT2D eigenvalue weighted by atomic mass is 10.00. The standard InChI is InChI=1S/C24H38ClN6O8PS/c1-13(2)38-20(33)14(3)30-40(35,36-8-9-41-22(34)23(4,5)6)37-10-15-17(32)24(7,25)21(39-15)31-12-29-16-18(26)27-11-28-19(16)31/h11-15,17,21,32H,8-10H2,1-7H3,(H,30,35)(H2,26,27,28)/t14-,15-,17-,21-,24-,40-/m1/s1. The number of ether oxygens (including phenoxy) is 2. The Morgan fingerprint density at radius 2 is 1.98 bits per heavy atom. The van der Waals surface area contributed by atoms with Crippen LogP contribution in [0.5, 0.6) is 0 Å². The van der Waals surface area contributed by atoms with Crippen LogP contribution in [-0.2, 0) is 32.7 Å². The fourth-order valence-electron chi connectivity index (χ4n) is 3.81. The number of carbonyl (C=O) groups excluding carboxylic acids is 2. The van der Waals surface area contributed by atoms with E-state index in [1.165, 1.54) is 24.1 Å². The van der Waals surface area contributed by atoms with E-state index in [0.717, 1.165) is 11.8 Å². The fraction of sp³-hybridized carbons (Fsp3) is 0.708. The first kappa shape index (κ1) is 33.7. The number of carbonyl (C=O) groups is 2. The number of fused-ring (bicyclic) bond motifs is 1. The number of alkyl halides is 1. The average Bonchev–Trinajstić information content (AvgIpc) is 3.38. The number of esters is 1. The van der Waals surface area contributed by atoms with Crippen molar-refractivity contribution >= 4 is 59.2 Å².